The van der Waals surface area contributed by atoms with Gasteiger partial charge in [-0.3, -0.25) is 0 Å². The van der Waals surface area contributed by atoms with Gasteiger partial charge in [0.1, 0.15) is 5.82 Å². The van der Waals surface area contributed by atoms with Crippen molar-refractivity contribution >= 4 is 27.5 Å². The second kappa shape index (κ2) is 6.88. The van der Waals surface area contributed by atoms with Crippen LogP contribution in [0.4, 0.5) is 4.39 Å². The maximum absolute atomic E-state index is 13.2. The van der Waals surface area contributed by atoms with E-state index < -0.39 is 17.8 Å². The van der Waals surface area contributed by atoms with Gasteiger partial charge in [0.05, 0.1) is 6.10 Å². The summed E-state index contributed by atoms with van der Waals surface area (Å²) < 4.78 is 14.0. The second-order valence-electron chi connectivity index (χ2n) is 4.98. The summed E-state index contributed by atoms with van der Waals surface area (Å²) in [5.74, 6) is -0.817. The molecule has 2 unspecified atom stereocenters. The van der Waals surface area contributed by atoms with Gasteiger partial charge in [-0.2, -0.15) is 0 Å². The zero-order valence-electron chi connectivity index (χ0n) is 11.5. The molecule has 0 heterocycles. The number of rotatable bonds is 4. The molecule has 0 aromatic heterocycles. The number of aliphatic hydroxyl groups excluding tert-OH is 1. The van der Waals surface area contributed by atoms with Crippen molar-refractivity contribution < 1.29 is 9.50 Å². The molecule has 2 atom stereocenters. The van der Waals surface area contributed by atoms with E-state index in [4.69, 9.17) is 17.3 Å². The van der Waals surface area contributed by atoms with Crippen molar-refractivity contribution in [1.82, 2.24) is 0 Å². The quantitative estimate of drug-likeness (QED) is 0.839. The lowest BCUT2D eigenvalue weighted by Gasteiger charge is -2.24. The predicted octanol–water partition coefficient (Wildman–Crippen LogP) is 4.33. The molecule has 0 bridgehead atoms. The average molecular weight is 373 g/mol. The third-order valence-electron chi connectivity index (χ3n) is 3.47. The predicted molar refractivity (Wildman–Crippen MR) is 87.0 cm³/mol. The van der Waals surface area contributed by atoms with Crippen molar-refractivity contribution in [1.29, 1.82) is 0 Å². The maximum Gasteiger partial charge on any atom is 0.124 e. The first-order valence-corrected chi connectivity index (χ1v) is 7.70. The molecule has 2 nitrogen and oxygen atoms in total. The van der Waals surface area contributed by atoms with Crippen LogP contribution >= 0.6 is 27.5 Å². The minimum atomic E-state index is -0.826. The Morgan fingerprint density at radius 2 is 1.90 bits per heavy atom. The minimum absolute atomic E-state index is 0.201. The fraction of sp³-hybridized carbons (Fsp3) is 0.250. The Bertz CT molecular complexity index is 650. The molecule has 112 valence electrons. The molecule has 0 radical (unpaired) electrons. The van der Waals surface area contributed by atoms with Gasteiger partial charge >= 0.3 is 0 Å². The monoisotopic (exact) mass is 371 g/mol. The molecule has 0 saturated heterocycles. The summed E-state index contributed by atoms with van der Waals surface area (Å²) in [6.07, 6.45) is -0.826. The molecule has 0 aliphatic rings. The van der Waals surface area contributed by atoms with Crippen molar-refractivity contribution in [2.24, 2.45) is 5.73 Å². The molecule has 3 N–H and O–H groups in total. The molecule has 0 saturated carbocycles. The molecule has 0 spiro atoms. The van der Waals surface area contributed by atoms with Gasteiger partial charge in [-0.15, -0.1) is 0 Å². The highest BCUT2D eigenvalue weighted by Crippen LogP contribution is 2.37. The Kier molecular flexibility index (Phi) is 5.38. The zero-order chi connectivity index (χ0) is 15.6. The lowest BCUT2D eigenvalue weighted by Crippen LogP contribution is -2.21. The van der Waals surface area contributed by atoms with Crippen LogP contribution in [0.5, 0.6) is 0 Å². The maximum atomic E-state index is 13.2. The van der Waals surface area contributed by atoms with E-state index >= 15 is 0 Å². The average Bonchev–Trinajstić information content (AvgIpc) is 2.41. The van der Waals surface area contributed by atoms with Crippen LogP contribution < -0.4 is 5.73 Å². The number of aryl methyl sites for hydroxylation is 1. The van der Waals surface area contributed by atoms with Gasteiger partial charge < -0.3 is 10.8 Å². The molecule has 2 aromatic carbocycles. The van der Waals surface area contributed by atoms with Gasteiger partial charge in [-0.1, -0.05) is 45.7 Å². The third kappa shape index (κ3) is 3.64. The summed E-state index contributed by atoms with van der Waals surface area (Å²) in [5, 5.41) is 10.9. The van der Waals surface area contributed by atoms with E-state index in [9.17, 15) is 9.50 Å². The first kappa shape index (κ1) is 16.4. The Balaban J connectivity index is 2.40. The lowest BCUT2D eigenvalue weighted by atomic mass is 9.89. The van der Waals surface area contributed by atoms with Gasteiger partial charge in [0, 0.05) is 22.0 Å². The summed E-state index contributed by atoms with van der Waals surface area (Å²) in [6, 6.07) is 9.82. The Labute approximate surface area is 136 Å². The molecular formula is C16H16BrClFNO. The van der Waals surface area contributed by atoms with E-state index in [0.717, 1.165) is 15.6 Å². The summed E-state index contributed by atoms with van der Waals surface area (Å²) in [7, 11) is 0. The molecular weight excluding hydrogens is 357 g/mol. The number of benzene rings is 2. The number of nitrogens with two attached hydrogens (primary N) is 1. The van der Waals surface area contributed by atoms with Crippen LogP contribution in [0.15, 0.2) is 40.9 Å². The topological polar surface area (TPSA) is 46.2 Å². The number of aliphatic hydroxyl groups is 1. The molecule has 2 aromatic rings. The van der Waals surface area contributed by atoms with Crippen LogP contribution in [0.3, 0.4) is 0 Å². The normalized spacial score (nSPS) is 14.0. The van der Waals surface area contributed by atoms with E-state index in [1.54, 1.807) is 6.07 Å². The fourth-order valence-electron chi connectivity index (χ4n) is 2.32. The molecule has 2 rings (SSSR count). The van der Waals surface area contributed by atoms with Crippen LogP contribution in [-0.4, -0.2) is 11.7 Å². The van der Waals surface area contributed by atoms with Gasteiger partial charge in [-0.25, -0.2) is 4.39 Å². The Morgan fingerprint density at radius 3 is 2.48 bits per heavy atom. The van der Waals surface area contributed by atoms with Crippen molar-refractivity contribution in [3.63, 3.8) is 0 Å². The number of halogens is 3. The summed E-state index contributed by atoms with van der Waals surface area (Å²) in [6.45, 7) is 2.17. The van der Waals surface area contributed by atoms with Gasteiger partial charge in [0.2, 0.25) is 0 Å². The van der Waals surface area contributed by atoms with Crippen LogP contribution in [-0.2, 0) is 0 Å². The van der Waals surface area contributed by atoms with Crippen molar-refractivity contribution in [3.05, 3.63) is 68.4 Å². The van der Waals surface area contributed by atoms with E-state index in [1.807, 2.05) is 25.1 Å². The fourth-order valence-corrected chi connectivity index (χ4v) is 3.35. The van der Waals surface area contributed by atoms with E-state index in [1.165, 1.54) is 12.1 Å². The van der Waals surface area contributed by atoms with Gasteiger partial charge in [0.15, 0.2) is 0 Å². The highest BCUT2D eigenvalue weighted by Gasteiger charge is 2.25. The largest absolute Gasteiger partial charge is 0.388 e. The highest BCUT2D eigenvalue weighted by molar-refractivity contribution is 9.10. The SMILES string of the molecule is Cc1ccc(C(O)C(CN)c2ccc(F)cc2Cl)c(Br)c1. The third-order valence-corrected chi connectivity index (χ3v) is 4.49. The smallest absolute Gasteiger partial charge is 0.124 e. The first-order chi connectivity index (χ1) is 9.93. The standard InChI is InChI=1S/C16H16BrClFNO/c1-9-2-4-12(14(17)6-9)16(21)13(8-20)11-5-3-10(19)7-15(11)18/h2-7,13,16,21H,8,20H2,1H3. The molecule has 0 aliphatic carbocycles. The minimum Gasteiger partial charge on any atom is -0.388 e. The van der Waals surface area contributed by atoms with Crippen molar-refractivity contribution in [2.75, 3.05) is 6.54 Å². The number of hydrogen-bond donors (Lipinski definition) is 2. The highest BCUT2D eigenvalue weighted by atomic mass is 79.9. The first-order valence-electron chi connectivity index (χ1n) is 6.53. The molecule has 21 heavy (non-hydrogen) atoms. The summed E-state index contributed by atoms with van der Waals surface area (Å²) >= 11 is 9.54. The Morgan fingerprint density at radius 1 is 1.24 bits per heavy atom. The van der Waals surface area contributed by atoms with E-state index in [0.29, 0.717) is 5.56 Å². The molecule has 5 heteroatoms. The van der Waals surface area contributed by atoms with Crippen LogP contribution in [0.25, 0.3) is 0 Å². The Hall–Kier alpha value is -0.940. The van der Waals surface area contributed by atoms with E-state index in [-0.39, 0.29) is 11.6 Å². The van der Waals surface area contributed by atoms with E-state index in [2.05, 4.69) is 15.9 Å². The van der Waals surface area contributed by atoms with Gasteiger partial charge in [0.25, 0.3) is 0 Å². The molecule has 0 amide bonds. The molecule has 0 fully saturated rings. The summed E-state index contributed by atoms with van der Waals surface area (Å²) in [5.41, 5.74) is 8.26. The van der Waals surface area contributed by atoms with Crippen LogP contribution in [0.1, 0.15) is 28.7 Å². The van der Waals surface area contributed by atoms with Gasteiger partial charge in [-0.05, 0) is 41.8 Å². The van der Waals surface area contributed by atoms with Crippen molar-refractivity contribution in [2.45, 2.75) is 18.9 Å². The zero-order valence-corrected chi connectivity index (χ0v) is 13.8. The second-order valence-corrected chi connectivity index (χ2v) is 6.24. The van der Waals surface area contributed by atoms with Crippen molar-refractivity contribution in [3.8, 4) is 0 Å². The van der Waals surface area contributed by atoms with Crippen LogP contribution in [0, 0.1) is 12.7 Å². The number of hydrogen-bond acceptors (Lipinski definition) is 2. The lowest BCUT2D eigenvalue weighted by molar-refractivity contribution is 0.146. The van der Waals surface area contributed by atoms with Crippen LogP contribution in [0.2, 0.25) is 5.02 Å². The molecule has 0 aliphatic heterocycles. The summed E-state index contributed by atoms with van der Waals surface area (Å²) in [4.78, 5) is 0.